The van der Waals surface area contributed by atoms with Crippen LogP contribution in [0.5, 0.6) is 0 Å². The van der Waals surface area contributed by atoms with Crippen molar-refractivity contribution in [3.05, 3.63) is 24.4 Å². The summed E-state index contributed by atoms with van der Waals surface area (Å²) < 4.78 is 24.3. The third-order valence-corrected chi connectivity index (χ3v) is 3.65. The summed E-state index contributed by atoms with van der Waals surface area (Å²) in [5.41, 5.74) is 0.575. The minimum Gasteiger partial charge on any atom is -0.288 e. The Kier molecular flexibility index (Phi) is 2.45. The highest BCUT2D eigenvalue weighted by Crippen LogP contribution is 2.24. The molecular formula is C8H9N3O2S2. The molecule has 2 rings (SSSR count). The Balaban J connectivity index is 2.91. The Morgan fingerprint density at radius 1 is 1.47 bits per heavy atom. The highest BCUT2D eigenvalue weighted by atomic mass is 32.2. The second kappa shape index (κ2) is 3.51. The molecule has 7 heteroatoms. The molecule has 0 radical (unpaired) electrons. The lowest BCUT2D eigenvalue weighted by atomic mass is 10.5. The summed E-state index contributed by atoms with van der Waals surface area (Å²) in [6, 6.07) is 5.25. The molecule has 2 N–H and O–H groups in total. The number of thioether (sulfide) groups is 1. The van der Waals surface area contributed by atoms with Gasteiger partial charge in [0.15, 0.2) is 5.03 Å². The predicted octanol–water partition coefficient (Wildman–Crippen LogP) is 0.704. The summed E-state index contributed by atoms with van der Waals surface area (Å²) in [5, 5.41) is 5.61. The van der Waals surface area contributed by atoms with Gasteiger partial charge in [0, 0.05) is 6.20 Å². The van der Waals surface area contributed by atoms with Crippen LogP contribution in [0.3, 0.4) is 0 Å². The van der Waals surface area contributed by atoms with Gasteiger partial charge in [-0.15, -0.1) is 11.8 Å². The first-order valence-corrected chi connectivity index (χ1v) is 6.85. The summed E-state index contributed by atoms with van der Waals surface area (Å²) in [5.74, 6) is 0. The molecule has 0 aromatic carbocycles. The number of hydrogen-bond acceptors (Lipinski definition) is 4. The summed E-state index contributed by atoms with van der Waals surface area (Å²) in [4.78, 5) is 4.16. The molecule has 0 fully saturated rings. The zero-order valence-electron chi connectivity index (χ0n) is 7.91. The number of aromatic nitrogens is 2. The Morgan fingerprint density at radius 3 is 2.80 bits per heavy atom. The van der Waals surface area contributed by atoms with E-state index in [1.165, 1.54) is 16.2 Å². The van der Waals surface area contributed by atoms with Crippen LogP contribution in [0.15, 0.2) is 34.4 Å². The summed E-state index contributed by atoms with van der Waals surface area (Å²) in [7, 11) is -3.75. The first-order valence-electron chi connectivity index (χ1n) is 4.08. The quantitative estimate of drug-likeness (QED) is 0.788. The van der Waals surface area contributed by atoms with Gasteiger partial charge in [-0.3, -0.25) is 4.40 Å². The number of primary sulfonamides is 1. The predicted molar refractivity (Wildman–Crippen MR) is 58.3 cm³/mol. The molecule has 0 saturated carbocycles. The maximum Gasteiger partial charge on any atom is 0.256 e. The van der Waals surface area contributed by atoms with Crippen LogP contribution in [0.1, 0.15) is 0 Å². The molecule has 0 atom stereocenters. The van der Waals surface area contributed by atoms with E-state index >= 15 is 0 Å². The van der Waals surface area contributed by atoms with Crippen LogP contribution in [-0.4, -0.2) is 24.1 Å². The Morgan fingerprint density at radius 2 is 2.20 bits per heavy atom. The van der Waals surface area contributed by atoms with Crippen LogP contribution >= 0.6 is 11.8 Å². The van der Waals surface area contributed by atoms with Gasteiger partial charge in [-0.2, -0.15) is 0 Å². The average molecular weight is 243 g/mol. The maximum atomic E-state index is 11.4. The topological polar surface area (TPSA) is 77.5 Å². The van der Waals surface area contributed by atoms with Gasteiger partial charge >= 0.3 is 0 Å². The molecule has 0 aliphatic heterocycles. The number of imidazole rings is 1. The second-order valence-corrected chi connectivity index (χ2v) is 5.17. The molecule has 0 amide bonds. The zero-order chi connectivity index (χ0) is 11.1. The number of rotatable bonds is 2. The number of hydrogen-bond donors (Lipinski definition) is 1. The number of pyridine rings is 1. The molecule has 0 saturated heterocycles. The van der Waals surface area contributed by atoms with Crippen LogP contribution in [-0.2, 0) is 10.0 Å². The third kappa shape index (κ3) is 1.73. The van der Waals surface area contributed by atoms with Crippen LogP contribution in [0.4, 0.5) is 0 Å². The molecule has 5 nitrogen and oxygen atoms in total. The van der Waals surface area contributed by atoms with Crippen LogP contribution in [0.2, 0.25) is 0 Å². The van der Waals surface area contributed by atoms with E-state index in [0.717, 1.165) is 0 Å². The monoisotopic (exact) mass is 243 g/mol. The molecule has 2 heterocycles. The molecule has 0 bridgehead atoms. The molecule has 0 aliphatic carbocycles. The van der Waals surface area contributed by atoms with Gasteiger partial charge in [-0.05, 0) is 18.4 Å². The summed E-state index contributed by atoms with van der Waals surface area (Å²) >= 11 is 1.26. The molecule has 2 aromatic heterocycles. The SMILES string of the molecule is CSc1nc2ccccn2c1S(N)(=O)=O. The fourth-order valence-corrected chi connectivity index (χ4v) is 3.12. The first kappa shape index (κ1) is 10.5. The molecule has 2 aromatic rings. The van der Waals surface area contributed by atoms with Gasteiger partial charge in [0.05, 0.1) is 0 Å². The van der Waals surface area contributed by atoms with Crippen molar-refractivity contribution >= 4 is 27.4 Å². The van der Waals surface area contributed by atoms with Crippen molar-refractivity contribution in [1.82, 2.24) is 9.38 Å². The van der Waals surface area contributed by atoms with Crippen LogP contribution in [0, 0.1) is 0 Å². The molecule has 80 valence electrons. The Hall–Kier alpha value is -1.05. The Bertz CT molecular complexity index is 603. The van der Waals surface area contributed by atoms with Crippen molar-refractivity contribution in [3.63, 3.8) is 0 Å². The first-order chi connectivity index (χ1) is 7.04. The summed E-state index contributed by atoms with van der Waals surface area (Å²) in [6.07, 6.45) is 3.39. The van der Waals surface area contributed by atoms with E-state index < -0.39 is 10.0 Å². The lowest BCUT2D eigenvalue weighted by Gasteiger charge is -1.99. The van der Waals surface area contributed by atoms with Crippen LogP contribution < -0.4 is 5.14 Å². The van der Waals surface area contributed by atoms with Gasteiger partial charge in [0.1, 0.15) is 10.7 Å². The van der Waals surface area contributed by atoms with Crippen molar-refractivity contribution in [2.45, 2.75) is 10.1 Å². The molecule has 0 unspecified atom stereocenters. The lowest BCUT2D eigenvalue weighted by molar-refractivity contribution is 0.590. The highest BCUT2D eigenvalue weighted by molar-refractivity contribution is 7.99. The molecular weight excluding hydrogens is 234 g/mol. The van der Waals surface area contributed by atoms with E-state index in [1.54, 1.807) is 30.7 Å². The highest BCUT2D eigenvalue weighted by Gasteiger charge is 2.20. The number of nitrogens with two attached hydrogens (primary N) is 1. The van der Waals surface area contributed by atoms with Crippen molar-refractivity contribution in [2.75, 3.05) is 6.26 Å². The second-order valence-electron chi connectivity index (χ2n) is 2.90. The fraction of sp³-hybridized carbons (Fsp3) is 0.125. The van der Waals surface area contributed by atoms with E-state index in [0.29, 0.717) is 10.7 Å². The number of fused-ring (bicyclic) bond motifs is 1. The van der Waals surface area contributed by atoms with Crippen molar-refractivity contribution < 1.29 is 8.42 Å². The smallest absolute Gasteiger partial charge is 0.256 e. The lowest BCUT2D eigenvalue weighted by Crippen LogP contribution is -2.15. The standard InChI is InChI=1S/C8H9N3O2S2/c1-14-7-8(15(9,12)13)11-5-3-2-4-6(11)10-7/h2-5H,1H3,(H2,9,12,13). The van der Waals surface area contributed by atoms with Gasteiger partial charge in [0.25, 0.3) is 10.0 Å². The van der Waals surface area contributed by atoms with Gasteiger partial charge < -0.3 is 0 Å². The van der Waals surface area contributed by atoms with E-state index in [-0.39, 0.29) is 5.03 Å². The van der Waals surface area contributed by atoms with Crippen LogP contribution in [0.25, 0.3) is 5.65 Å². The zero-order valence-corrected chi connectivity index (χ0v) is 9.55. The third-order valence-electron chi connectivity index (χ3n) is 1.92. The largest absolute Gasteiger partial charge is 0.288 e. The van der Waals surface area contributed by atoms with Crippen molar-refractivity contribution in [3.8, 4) is 0 Å². The Labute approximate surface area is 91.4 Å². The van der Waals surface area contributed by atoms with E-state index in [1.807, 2.05) is 0 Å². The van der Waals surface area contributed by atoms with Crippen molar-refractivity contribution in [2.24, 2.45) is 5.14 Å². The van der Waals surface area contributed by atoms with Gasteiger partial charge in [-0.1, -0.05) is 6.07 Å². The number of nitrogens with zero attached hydrogens (tertiary/aromatic N) is 2. The average Bonchev–Trinajstić information content (AvgIpc) is 2.54. The normalized spacial score (nSPS) is 12.1. The van der Waals surface area contributed by atoms with Gasteiger partial charge in [-0.25, -0.2) is 18.5 Å². The minimum atomic E-state index is -3.75. The van der Waals surface area contributed by atoms with E-state index in [9.17, 15) is 8.42 Å². The summed E-state index contributed by atoms with van der Waals surface area (Å²) in [6.45, 7) is 0. The number of sulfonamides is 1. The molecule has 0 aliphatic rings. The fourth-order valence-electron chi connectivity index (χ4n) is 1.34. The molecule has 15 heavy (non-hydrogen) atoms. The maximum absolute atomic E-state index is 11.4. The van der Waals surface area contributed by atoms with Crippen molar-refractivity contribution in [1.29, 1.82) is 0 Å². The van der Waals surface area contributed by atoms with E-state index in [2.05, 4.69) is 4.98 Å². The minimum absolute atomic E-state index is 0.0469. The van der Waals surface area contributed by atoms with Gasteiger partial charge in [0.2, 0.25) is 0 Å². The van der Waals surface area contributed by atoms with E-state index in [4.69, 9.17) is 5.14 Å². The molecule has 0 spiro atoms.